The Bertz CT molecular complexity index is 1830. The maximum absolute atomic E-state index is 14.9. The highest BCUT2D eigenvalue weighted by molar-refractivity contribution is 8.00. The number of likely N-dealkylation sites (tertiary alicyclic amines) is 1. The second kappa shape index (κ2) is 21.6. The molecule has 3 aromatic rings. The van der Waals surface area contributed by atoms with E-state index in [1.807, 2.05) is 87.2 Å². The van der Waals surface area contributed by atoms with Crippen LogP contribution in [0, 0.1) is 29.6 Å². The molecule has 0 radical (unpaired) electrons. The van der Waals surface area contributed by atoms with E-state index in [0.29, 0.717) is 19.3 Å². The summed E-state index contributed by atoms with van der Waals surface area (Å²) in [7, 11) is 1.32. The number of thioether (sulfide) groups is 1. The number of nitrogens with one attached hydrogen (secondary N) is 2. The van der Waals surface area contributed by atoms with Gasteiger partial charge in [0.25, 0.3) is 0 Å². The molecule has 2 N–H and O–H groups in total. The van der Waals surface area contributed by atoms with Crippen LogP contribution in [-0.4, -0.2) is 71.4 Å². The third-order valence-electron chi connectivity index (χ3n) is 14.0. The zero-order valence-corrected chi connectivity index (χ0v) is 37.7. The van der Waals surface area contributed by atoms with Crippen LogP contribution in [0.4, 0.5) is 0 Å². The minimum Gasteiger partial charge on any atom is -0.467 e. The molecule has 8 atom stereocenters. The number of benzene rings is 3. The number of hydrogen-bond acceptors (Lipinski definition) is 7. The van der Waals surface area contributed by atoms with Gasteiger partial charge in [0.05, 0.1) is 23.8 Å². The van der Waals surface area contributed by atoms with Crippen molar-refractivity contribution in [2.75, 3.05) is 12.9 Å². The van der Waals surface area contributed by atoms with Gasteiger partial charge in [-0.05, 0) is 66.5 Å². The first-order valence-corrected chi connectivity index (χ1v) is 23.9. The Morgan fingerprint density at radius 3 is 1.75 bits per heavy atom. The zero-order valence-electron chi connectivity index (χ0n) is 36.9. The van der Waals surface area contributed by atoms with Gasteiger partial charge < -0.3 is 20.3 Å². The van der Waals surface area contributed by atoms with Crippen molar-refractivity contribution in [1.29, 1.82) is 0 Å². The molecule has 0 aromatic heterocycles. The van der Waals surface area contributed by atoms with E-state index in [-0.39, 0.29) is 59.5 Å². The molecule has 1 heterocycles. The molecule has 3 amide bonds. The quantitative estimate of drug-likeness (QED) is 0.0914. The summed E-state index contributed by atoms with van der Waals surface area (Å²) < 4.78 is 4.39. The molecule has 328 valence electrons. The first-order chi connectivity index (χ1) is 29.5. The van der Waals surface area contributed by atoms with E-state index in [1.165, 1.54) is 7.11 Å². The number of rotatable bonds is 19. The number of ketones is 1. The van der Waals surface area contributed by atoms with Gasteiger partial charge in [0, 0.05) is 24.1 Å². The van der Waals surface area contributed by atoms with Crippen LogP contribution < -0.4 is 10.6 Å². The summed E-state index contributed by atoms with van der Waals surface area (Å²) in [6.07, 6.45) is 9.58. The second-order valence-electron chi connectivity index (χ2n) is 17.8. The molecule has 2 saturated carbocycles. The molecule has 9 nitrogen and oxygen atoms in total. The number of carbonyl (C=O) groups excluding carboxylic acids is 5. The van der Waals surface area contributed by atoms with E-state index < -0.39 is 40.7 Å². The number of carbonyl (C=O) groups is 5. The maximum atomic E-state index is 14.9. The van der Waals surface area contributed by atoms with Gasteiger partial charge in [-0.25, -0.2) is 4.79 Å². The second-order valence-corrected chi connectivity index (χ2v) is 19.0. The lowest BCUT2D eigenvalue weighted by molar-refractivity contribution is -0.147. The third-order valence-corrected chi connectivity index (χ3v) is 15.7. The number of hydrogen-bond donors (Lipinski definition) is 2. The number of methoxy groups -OCH3 is 1. The molecule has 1 aliphatic heterocycles. The maximum Gasteiger partial charge on any atom is 0.328 e. The van der Waals surface area contributed by atoms with Gasteiger partial charge in [0.15, 0.2) is 5.78 Å². The van der Waals surface area contributed by atoms with Gasteiger partial charge in [-0.3, -0.25) is 19.2 Å². The standard InChI is InChI=1S/C51H67N3O6S/c1-6-34(3)45(52-48(57)43-31-37-23-19-20-30-42(37)54(43)49(58)36-21-17-18-22-36)44(55)32-38(47(56)53-46(35(4)7-2)50(59)60-5)33-61-51(39-24-11-8-12-25-39,40-26-13-9-14-27-40)41-28-15-10-16-29-41/h8-16,24-29,34-38,42-43,45-46H,6-7,17-23,30-33H2,1-5H3,(H,52,57)(H,53,56)/t34-,35-,37-,38-,42-,43-,45-,46-/m0/s1. The highest BCUT2D eigenvalue weighted by Gasteiger charge is 2.50. The van der Waals surface area contributed by atoms with Crippen molar-refractivity contribution in [3.8, 4) is 0 Å². The summed E-state index contributed by atoms with van der Waals surface area (Å²) in [5.41, 5.74) is 3.07. The van der Waals surface area contributed by atoms with E-state index >= 15 is 0 Å². The van der Waals surface area contributed by atoms with Crippen LogP contribution in [-0.2, 0) is 33.5 Å². The molecule has 0 bridgehead atoms. The van der Waals surface area contributed by atoms with Gasteiger partial charge in [0.1, 0.15) is 12.1 Å². The molecule has 10 heteroatoms. The first kappa shape index (κ1) is 46.1. The molecular formula is C51H67N3O6S. The van der Waals surface area contributed by atoms with Gasteiger partial charge in [-0.2, -0.15) is 0 Å². The number of fused-ring (bicyclic) bond motifs is 1. The topological polar surface area (TPSA) is 122 Å². The Balaban J connectivity index is 1.33. The van der Waals surface area contributed by atoms with Crippen molar-refractivity contribution in [3.63, 3.8) is 0 Å². The van der Waals surface area contributed by atoms with Gasteiger partial charge >= 0.3 is 5.97 Å². The summed E-state index contributed by atoms with van der Waals surface area (Å²) in [5, 5.41) is 6.20. The smallest absolute Gasteiger partial charge is 0.328 e. The highest BCUT2D eigenvalue weighted by Crippen LogP contribution is 2.49. The van der Waals surface area contributed by atoms with Crippen LogP contribution in [0.2, 0.25) is 0 Å². The van der Waals surface area contributed by atoms with Crippen molar-refractivity contribution in [3.05, 3.63) is 108 Å². The molecule has 3 aromatic carbocycles. The van der Waals surface area contributed by atoms with E-state index in [2.05, 4.69) is 47.0 Å². The number of Topliss-reactive ketones (excluding diaryl/α,β-unsaturated/α-hetero) is 1. The predicted molar refractivity (Wildman–Crippen MR) is 243 cm³/mol. The molecule has 1 saturated heterocycles. The third kappa shape index (κ3) is 10.4. The average Bonchev–Trinajstić information content (AvgIpc) is 3.99. The molecule has 3 fully saturated rings. The Hall–Kier alpha value is -4.44. The van der Waals surface area contributed by atoms with E-state index in [1.54, 1.807) is 11.8 Å². The van der Waals surface area contributed by atoms with Crippen LogP contribution >= 0.6 is 11.8 Å². The Morgan fingerprint density at radius 2 is 1.23 bits per heavy atom. The fraction of sp³-hybridized carbons (Fsp3) is 0.549. The lowest BCUT2D eigenvalue weighted by atomic mass is 9.84. The largest absolute Gasteiger partial charge is 0.467 e. The van der Waals surface area contributed by atoms with Crippen LogP contribution in [0.15, 0.2) is 91.0 Å². The molecule has 3 aliphatic rings. The Labute approximate surface area is 367 Å². The molecule has 61 heavy (non-hydrogen) atoms. The summed E-state index contributed by atoms with van der Waals surface area (Å²) in [4.78, 5) is 73.4. The number of nitrogens with zero attached hydrogens (tertiary/aromatic N) is 1. The summed E-state index contributed by atoms with van der Waals surface area (Å²) in [6.45, 7) is 7.82. The minimum atomic E-state index is -0.897. The monoisotopic (exact) mass is 849 g/mol. The summed E-state index contributed by atoms with van der Waals surface area (Å²) >= 11 is 1.59. The SMILES string of the molecule is CC[C@H](C)[C@H](NC(=O)[C@@H]1C[C@@H]2CCCC[C@@H]2N1C(=O)C1CCCC1)C(=O)C[C@@H](CSC(c1ccccc1)(c1ccccc1)c1ccccc1)C(=O)N[C@H](C(=O)OC)[C@@H](C)CC. The number of amides is 3. The van der Waals surface area contributed by atoms with Gasteiger partial charge in [0.2, 0.25) is 17.7 Å². The van der Waals surface area contributed by atoms with Crippen molar-refractivity contribution in [2.45, 2.75) is 134 Å². The lowest BCUT2D eigenvalue weighted by Gasteiger charge is -2.37. The Kier molecular flexibility index (Phi) is 16.3. The summed E-state index contributed by atoms with van der Waals surface area (Å²) in [5.74, 6) is -2.21. The van der Waals surface area contributed by atoms with Gasteiger partial charge in [-0.1, -0.05) is 157 Å². The van der Waals surface area contributed by atoms with Crippen molar-refractivity contribution in [2.24, 2.45) is 29.6 Å². The van der Waals surface area contributed by atoms with E-state index in [9.17, 15) is 24.0 Å². The van der Waals surface area contributed by atoms with Crippen LogP contribution in [0.1, 0.15) is 121 Å². The lowest BCUT2D eigenvalue weighted by Crippen LogP contribution is -2.55. The van der Waals surface area contributed by atoms with Crippen molar-refractivity contribution < 1.29 is 28.7 Å². The van der Waals surface area contributed by atoms with E-state index in [0.717, 1.165) is 68.1 Å². The average molecular weight is 850 g/mol. The first-order valence-electron chi connectivity index (χ1n) is 22.9. The molecule has 0 unspecified atom stereocenters. The van der Waals surface area contributed by atoms with E-state index in [4.69, 9.17) is 4.74 Å². The Morgan fingerprint density at radius 1 is 0.721 bits per heavy atom. The van der Waals surface area contributed by atoms with Gasteiger partial charge in [-0.15, -0.1) is 11.8 Å². The molecule has 6 rings (SSSR count). The minimum absolute atomic E-state index is 0.0428. The molecule has 0 spiro atoms. The normalized spacial score (nSPS) is 21.7. The number of esters is 1. The zero-order chi connectivity index (χ0) is 43.5. The fourth-order valence-electron chi connectivity index (χ4n) is 10.1. The predicted octanol–water partition coefficient (Wildman–Crippen LogP) is 8.87. The van der Waals surface area contributed by atoms with Crippen molar-refractivity contribution in [1.82, 2.24) is 15.5 Å². The molecular weight excluding hydrogens is 783 g/mol. The highest BCUT2D eigenvalue weighted by atomic mass is 32.2. The number of ether oxygens (including phenoxy) is 1. The summed E-state index contributed by atoms with van der Waals surface area (Å²) in [6, 6.07) is 28.3. The van der Waals surface area contributed by atoms with Crippen LogP contribution in [0.5, 0.6) is 0 Å². The fourth-order valence-corrected chi connectivity index (χ4v) is 11.7. The molecule has 2 aliphatic carbocycles. The van der Waals surface area contributed by atoms with Crippen molar-refractivity contribution >= 4 is 41.2 Å². The van der Waals surface area contributed by atoms with Crippen LogP contribution in [0.25, 0.3) is 0 Å². The van der Waals surface area contributed by atoms with Crippen LogP contribution in [0.3, 0.4) is 0 Å².